The van der Waals surface area contributed by atoms with Crippen molar-refractivity contribution in [3.63, 3.8) is 0 Å². The highest BCUT2D eigenvalue weighted by Crippen LogP contribution is 2.52. The number of benzene rings is 5. The number of anilines is 4. The summed E-state index contributed by atoms with van der Waals surface area (Å²) in [5.74, 6) is 0. The van der Waals surface area contributed by atoms with Crippen LogP contribution in [0.1, 0.15) is 45.2 Å². The van der Waals surface area contributed by atoms with E-state index in [-0.39, 0.29) is 18.9 Å². The topological polar surface area (TPSA) is 6.48 Å². The van der Waals surface area contributed by atoms with E-state index in [0.29, 0.717) is 0 Å². The maximum atomic E-state index is 4.43. The highest BCUT2D eigenvalue weighted by molar-refractivity contribution is 7.59. The molecule has 5 aromatic carbocycles. The molecule has 2 aliphatic carbocycles. The summed E-state index contributed by atoms with van der Waals surface area (Å²) >= 11 is 1.86. The van der Waals surface area contributed by atoms with Crippen LogP contribution in [0.5, 0.6) is 0 Å². The molecule has 0 amide bonds. The maximum absolute atomic E-state index is 4.43. The van der Waals surface area contributed by atoms with Gasteiger partial charge in [-0.25, -0.2) is 0 Å². The average molecular weight is 687 g/mol. The Morgan fingerprint density at radius 3 is 2.24 bits per heavy atom. The van der Waals surface area contributed by atoms with Crippen molar-refractivity contribution in [1.29, 1.82) is 0 Å². The molecular weight excluding hydrogens is 645 g/mol. The number of fused-ring (bicyclic) bond motifs is 9. The van der Waals surface area contributed by atoms with Crippen LogP contribution in [0.25, 0.3) is 31.3 Å². The van der Waals surface area contributed by atoms with E-state index in [1.165, 1.54) is 53.7 Å². The molecule has 2 nitrogen and oxygen atoms in total. The normalized spacial score (nSPS) is 16.8. The van der Waals surface area contributed by atoms with E-state index in [4.69, 9.17) is 0 Å². The van der Waals surface area contributed by atoms with Gasteiger partial charge in [-0.3, -0.25) is 0 Å². The van der Waals surface area contributed by atoms with Gasteiger partial charge in [-0.2, -0.15) is 13.5 Å². The van der Waals surface area contributed by atoms with E-state index in [0.717, 1.165) is 34.7 Å². The van der Waals surface area contributed by atoms with Crippen LogP contribution in [0.2, 0.25) is 0 Å². The van der Waals surface area contributed by atoms with Crippen molar-refractivity contribution in [3.8, 4) is 11.1 Å². The Morgan fingerprint density at radius 2 is 1.40 bits per heavy atom. The second kappa shape index (κ2) is 13.4. The smallest absolute Gasteiger partial charge is 0.0711 e. The second-order valence-electron chi connectivity index (χ2n) is 13.1. The highest BCUT2D eigenvalue weighted by atomic mass is 32.1. The van der Waals surface area contributed by atoms with Gasteiger partial charge >= 0.3 is 0 Å². The summed E-state index contributed by atoms with van der Waals surface area (Å²) in [6.45, 7) is 13.1. The zero-order valence-corrected chi connectivity index (χ0v) is 30.9. The number of nitrogens with zero attached hydrogens (tertiary/aromatic N) is 2. The van der Waals surface area contributed by atoms with Gasteiger partial charge in [0.15, 0.2) is 0 Å². The van der Waals surface area contributed by atoms with Crippen LogP contribution in [0, 0.1) is 0 Å². The molecule has 1 aromatic heterocycles. The van der Waals surface area contributed by atoms with Crippen molar-refractivity contribution in [3.05, 3.63) is 180 Å². The van der Waals surface area contributed by atoms with Gasteiger partial charge in [-0.1, -0.05) is 119 Å². The van der Waals surface area contributed by atoms with Crippen molar-refractivity contribution in [2.75, 3.05) is 9.80 Å². The monoisotopic (exact) mass is 686 g/mol. The van der Waals surface area contributed by atoms with Gasteiger partial charge in [-0.15, -0.1) is 11.3 Å². The summed E-state index contributed by atoms with van der Waals surface area (Å²) in [4.78, 5) is 4.84. The molecule has 2 bridgehead atoms. The van der Waals surface area contributed by atoms with Crippen LogP contribution in [0.4, 0.5) is 22.7 Å². The molecule has 6 aromatic rings. The summed E-state index contributed by atoms with van der Waals surface area (Å²) in [7, 11) is 0. The Morgan fingerprint density at radius 1 is 0.660 bits per heavy atom. The third-order valence-electron chi connectivity index (χ3n) is 10.0. The number of para-hydroxylation sites is 1. The van der Waals surface area contributed by atoms with Crippen molar-refractivity contribution in [2.45, 2.75) is 39.5 Å². The Kier molecular flexibility index (Phi) is 8.94. The Bertz CT molecular complexity index is 2390. The molecule has 0 radical (unpaired) electrons. The SMILES string of the molecule is C=C1/C=C\C=C/N(c2ccc3c(c2)C(C)(C)c2ccccc2-3)c2cc3sc4ccccc4c3cc2N(c2ccccc2)C2=CC=C1C2.CC.S. The van der Waals surface area contributed by atoms with Crippen molar-refractivity contribution < 1.29 is 0 Å². The zero-order chi connectivity index (χ0) is 33.7. The number of hydrogen-bond acceptors (Lipinski definition) is 3. The van der Waals surface area contributed by atoms with E-state index in [9.17, 15) is 0 Å². The highest BCUT2D eigenvalue weighted by Gasteiger charge is 2.36. The van der Waals surface area contributed by atoms with Crippen LogP contribution >= 0.6 is 24.8 Å². The van der Waals surface area contributed by atoms with E-state index in [1.54, 1.807) is 0 Å². The van der Waals surface area contributed by atoms with E-state index < -0.39 is 0 Å². The number of hydrogen-bond donors (Lipinski definition) is 0. The fourth-order valence-corrected chi connectivity index (χ4v) is 8.72. The van der Waals surface area contributed by atoms with Gasteiger partial charge in [0.1, 0.15) is 0 Å². The first kappa shape index (κ1) is 33.5. The second-order valence-corrected chi connectivity index (χ2v) is 14.2. The molecule has 0 unspecified atom stereocenters. The molecule has 50 heavy (non-hydrogen) atoms. The summed E-state index contributed by atoms with van der Waals surface area (Å²) in [5.41, 5.74) is 13.4. The summed E-state index contributed by atoms with van der Waals surface area (Å²) < 4.78 is 2.58. The first-order valence-electron chi connectivity index (χ1n) is 17.3. The van der Waals surface area contributed by atoms with Crippen molar-refractivity contribution in [1.82, 2.24) is 0 Å². The molecule has 0 spiro atoms. The average Bonchev–Trinajstić information content (AvgIpc) is 3.83. The molecule has 2 heterocycles. The van der Waals surface area contributed by atoms with E-state index in [1.807, 2.05) is 25.2 Å². The van der Waals surface area contributed by atoms with E-state index in [2.05, 4.69) is 176 Å². The molecule has 1 aliphatic heterocycles. The summed E-state index contributed by atoms with van der Waals surface area (Å²) in [6.07, 6.45) is 13.9. The van der Waals surface area contributed by atoms with Crippen LogP contribution in [0.3, 0.4) is 0 Å². The van der Waals surface area contributed by atoms with Gasteiger partial charge in [0.05, 0.1) is 11.4 Å². The standard InChI is InChI=1S/C44H34N2S.C2H6.H2S/c1-29-13-11-12-24-45(32-22-23-35-34-16-7-9-18-38(34)44(2,3)39(35)26-32)40-28-43-37(36-17-8-10-19-42(36)47-43)27-41(40)46(31-14-5-4-6-15-31)33-21-20-30(29)25-33;1-2;/h4-24,26-28H,1,25H2,2-3H3;1-2H3;1H2/b13-11-,24-12-;;. The maximum Gasteiger partial charge on any atom is 0.0711 e. The molecule has 0 atom stereocenters. The predicted octanol–water partition coefficient (Wildman–Crippen LogP) is 13.6. The third kappa shape index (κ3) is 5.44. The van der Waals surface area contributed by atoms with Crippen LogP contribution in [-0.4, -0.2) is 0 Å². The molecule has 4 heteroatoms. The Hall–Kier alpha value is -5.03. The fourth-order valence-electron chi connectivity index (χ4n) is 7.60. The largest absolute Gasteiger partial charge is 0.315 e. The van der Waals surface area contributed by atoms with Crippen molar-refractivity contribution >= 4 is 67.8 Å². The van der Waals surface area contributed by atoms with Gasteiger partial charge in [-0.05, 0) is 88.0 Å². The van der Waals surface area contributed by atoms with Crippen molar-refractivity contribution in [2.24, 2.45) is 0 Å². The molecule has 0 saturated carbocycles. The van der Waals surface area contributed by atoms with Crippen LogP contribution < -0.4 is 9.80 Å². The molecule has 0 N–H and O–H groups in total. The number of allylic oxidation sites excluding steroid dienone is 7. The lowest BCUT2D eigenvalue weighted by molar-refractivity contribution is 0.660. The molecule has 3 aliphatic rings. The minimum atomic E-state index is -0.0964. The van der Waals surface area contributed by atoms with Crippen LogP contribution in [0.15, 0.2) is 169 Å². The van der Waals surface area contributed by atoms with Gasteiger partial charge < -0.3 is 9.80 Å². The lowest BCUT2D eigenvalue weighted by Crippen LogP contribution is -2.20. The minimum Gasteiger partial charge on any atom is -0.315 e. The zero-order valence-electron chi connectivity index (χ0n) is 29.1. The molecule has 9 rings (SSSR count). The fraction of sp³-hybridized carbons (Fsp3) is 0.130. The lowest BCUT2D eigenvalue weighted by atomic mass is 9.82. The van der Waals surface area contributed by atoms with Gasteiger partial charge in [0.2, 0.25) is 0 Å². The molecular formula is C46H42N2S2. The minimum absolute atomic E-state index is 0. The summed E-state index contributed by atoms with van der Waals surface area (Å²) in [6, 6.07) is 40.3. The third-order valence-corrected chi connectivity index (χ3v) is 11.2. The predicted molar refractivity (Wildman–Crippen MR) is 224 cm³/mol. The first-order valence-corrected chi connectivity index (χ1v) is 18.1. The molecule has 248 valence electrons. The molecule has 0 saturated heterocycles. The van der Waals surface area contributed by atoms with Gasteiger partial charge in [0.25, 0.3) is 0 Å². The van der Waals surface area contributed by atoms with E-state index >= 15 is 0 Å². The number of rotatable bonds is 2. The Balaban J connectivity index is 0.00000128. The quantitative estimate of drug-likeness (QED) is 0.179. The lowest BCUT2D eigenvalue weighted by Gasteiger charge is -2.33. The first-order chi connectivity index (χ1) is 24.0. The summed E-state index contributed by atoms with van der Waals surface area (Å²) in [5, 5.41) is 2.58. The molecule has 0 fully saturated rings. The van der Waals surface area contributed by atoms with Gasteiger partial charge in [0, 0.05) is 55.3 Å². The van der Waals surface area contributed by atoms with Crippen LogP contribution in [-0.2, 0) is 5.41 Å². The number of thiophene rings is 1. The Labute approximate surface area is 307 Å².